The lowest BCUT2D eigenvalue weighted by Gasteiger charge is -2.27. The number of nitrogens with one attached hydrogen (secondary N) is 3. The average molecular weight is 577 g/mol. The number of rotatable bonds is 9. The predicted molar refractivity (Wildman–Crippen MR) is 159 cm³/mol. The number of nitrogens with zero attached hydrogens (tertiary/aromatic N) is 3. The SMILES string of the molecule is COc1cc(Nc2nc3ccccc3nc2NS(=O)(=O)c2cccc(N(C)C(=O)C3CCNCC3)c2)cc(OC)c1. The third kappa shape index (κ3) is 6.34. The van der Waals surface area contributed by atoms with Crippen molar-refractivity contribution in [2.45, 2.75) is 17.7 Å². The first-order valence-electron chi connectivity index (χ1n) is 13.2. The van der Waals surface area contributed by atoms with Crippen LogP contribution in [-0.2, 0) is 14.8 Å². The van der Waals surface area contributed by atoms with Crippen molar-refractivity contribution < 1.29 is 22.7 Å². The number of methoxy groups -OCH3 is 2. The molecular formula is C29H32N6O5S. The van der Waals surface area contributed by atoms with Gasteiger partial charge < -0.3 is 25.0 Å². The van der Waals surface area contributed by atoms with Gasteiger partial charge in [-0.1, -0.05) is 18.2 Å². The highest BCUT2D eigenvalue weighted by molar-refractivity contribution is 7.92. The van der Waals surface area contributed by atoms with Crippen LogP contribution in [0.2, 0.25) is 0 Å². The van der Waals surface area contributed by atoms with Crippen molar-refractivity contribution in [1.29, 1.82) is 0 Å². The minimum atomic E-state index is -4.12. The minimum Gasteiger partial charge on any atom is -0.497 e. The fraction of sp³-hybridized carbons (Fsp3) is 0.276. The number of piperidine rings is 1. The highest BCUT2D eigenvalue weighted by atomic mass is 32.2. The molecule has 1 aliphatic heterocycles. The molecule has 1 amide bonds. The molecule has 2 heterocycles. The summed E-state index contributed by atoms with van der Waals surface area (Å²) in [6.45, 7) is 1.57. The molecule has 41 heavy (non-hydrogen) atoms. The molecule has 0 atom stereocenters. The molecule has 11 nitrogen and oxygen atoms in total. The van der Waals surface area contributed by atoms with Crippen molar-refractivity contribution in [2.75, 3.05) is 49.3 Å². The zero-order valence-electron chi connectivity index (χ0n) is 23.0. The third-order valence-electron chi connectivity index (χ3n) is 6.95. The average Bonchev–Trinajstić information content (AvgIpc) is 3.00. The van der Waals surface area contributed by atoms with Crippen LogP contribution >= 0.6 is 0 Å². The molecule has 0 saturated carbocycles. The van der Waals surface area contributed by atoms with Crippen molar-refractivity contribution in [3.63, 3.8) is 0 Å². The summed E-state index contributed by atoms with van der Waals surface area (Å²) in [7, 11) is 0.633. The summed E-state index contributed by atoms with van der Waals surface area (Å²) in [6, 6.07) is 18.6. The topological polar surface area (TPSA) is 135 Å². The van der Waals surface area contributed by atoms with Gasteiger partial charge in [0.25, 0.3) is 10.0 Å². The molecule has 5 rings (SSSR count). The highest BCUT2D eigenvalue weighted by Crippen LogP contribution is 2.32. The Morgan fingerprint density at radius 2 is 1.54 bits per heavy atom. The summed E-state index contributed by atoms with van der Waals surface area (Å²) in [5, 5.41) is 6.41. The molecule has 0 radical (unpaired) electrons. The summed E-state index contributed by atoms with van der Waals surface area (Å²) >= 11 is 0. The fourth-order valence-electron chi connectivity index (χ4n) is 4.69. The standard InChI is InChI=1S/C29H32N6O5S/c1-35(29(36)19-11-13-30-14-12-19)21-7-6-8-24(17-21)41(37,38)34-28-27(32-25-9-4-5-10-26(25)33-28)31-20-15-22(39-2)18-23(16-20)40-3/h4-10,15-19,30H,11-14H2,1-3H3,(H,31,32)(H,33,34). The Morgan fingerprint density at radius 1 is 0.902 bits per heavy atom. The summed E-state index contributed by atoms with van der Waals surface area (Å²) < 4.78 is 40.6. The maximum atomic E-state index is 13.6. The van der Waals surface area contributed by atoms with Gasteiger partial charge in [-0.2, -0.15) is 0 Å². The number of carbonyl (C=O) groups is 1. The smallest absolute Gasteiger partial charge is 0.263 e. The van der Waals surface area contributed by atoms with Crippen LogP contribution in [0.25, 0.3) is 11.0 Å². The third-order valence-corrected chi connectivity index (χ3v) is 8.29. The summed E-state index contributed by atoms with van der Waals surface area (Å²) in [5.41, 5.74) is 2.14. The lowest BCUT2D eigenvalue weighted by Crippen LogP contribution is -2.39. The molecule has 12 heteroatoms. The van der Waals surface area contributed by atoms with Crippen LogP contribution in [-0.4, -0.2) is 58.6 Å². The number of sulfonamides is 1. The fourth-order valence-corrected chi connectivity index (χ4v) is 5.74. The molecule has 1 aromatic heterocycles. The molecule has 0 aliphatic carbocycles. The van der Waals surface area contributed by atoms with Gasteiger partial charge in [0.2, 0.25) is 5.91 Å². The Bertz CT molecular complexity index is 1650. The number of para-hydroxylation sites is 2. The number of hydrogen-bond acceptors (Lipinski definition) is 9. The van der Waals surface area contributed by atoms with Crippen LogP contribution in [0.1, 0.15) is 12.8 Å². The second-order valence-electron chi connectivity index (χ2n) is 9.66. The van der Waals surface area contributed by atoms with Crippen molar-refractivity contribution in [3.05, 3.63) is 66.7 Å². The molecule has 1 aliphatic rings. The Balaban J connectivity index is 1.47. The maximum absolute atomic E-state index is 13.6. The monoisotopic (exact) mass is 576 g/mol. The molecule has 3 aromatic carbocycles. The van der Waals surface area contributed by atoms with Crippen molar-refractivity contribution >= 4 is 50.0 Å². The summed E-state index contributed by atoms with van der Waals surface area (Å²) in [4.78, 5) is 23.8. The van der Waals surface area contributed by atoms with E-state index in [9.17, 15) is 13.2 Å². The van der Waals surface area contributed by atoms with Gasteiger partial charge in [0, 0.05) is 42.5 Å². The number of carbonyl (C=O) groups excluding carboxylic acids is 1. The summed E-state index contributed by atoms with van der Waals surface area (Å²) in [6.07, 6.45) is 1.50. The number of benzene rings is 3. The molecular weight excluding hydrogens is 544 g/mol. The number of hydrogen-bond donors (Lipinski definition) is 3. The highest BCUT2D eigenvalue weighted by Gasteiger charge is 2.26. The van der Waals surface area contributed by atoms with Gasteiger partial charge in [0.15, 0.2) is 11.6 Å². The van der Waals surface area contributed by atoms with Crippen LogP contribution < -0.4 is 29.7 Å². The first kappa shape index (κ1) is 28.1. The number of aromatic nitrogens is 2. The van der Waals surface area contributed by atoms with E-state index in [2.05, 4.69) is 25.3 Å². The first-order chi connectivity index (χ1) is 19.8. The zero-order chi connectivity index (χ0) is 29.0. The van der Waals surface area contributed by atoms with E-state index in [1.807, 2.05) is 6.07 Å². The molecule has 214 valence electrons. The Kier molecular flexibility index (Phi) is 8.22. The summed E-state index contributed by atoms with van der Waals surface area (Å²) in [5.74, 6) is 1.16. The normalized spacial score (nSPS) is 13.9. The van der Waals surface area contributed by atoms with Gasteiger partial charge in [-0.25, -0.2) is 18.4 Å². The maximum Gasteiger partial charge on any atom is 0.263 e. The van der Waals surface area contributed by atoms with E-state index in [0.29, 0.717) is 33.9 Å². The second-order valence-corrected chi connectivity index (χ2v) is 11.3. The quantitative estimate of drug-likeness (QED) is 0.269. The largest absolute Gasteiger partial charge is 0.497 e. The first-order valence-corrected chi connectivity index (χ1v) is 14.6. The lowest BCUT2D eigenvalue weighted by atomic mass is 9.96. The number of fused-ring (bicyclic) bond motifs is 1. The Morgan fingerprint density at radius 3 is 2.17 bits per heavy atom. The van der Waals surface area contributed by atoms with Crippen LogP contribution in [0.4, 0.5) is 23.0 Å². The van der Waals surface area contributed by atoms with E-state index >= 15 is 0 Å². The molecule has 4 aromatic rings. The lowest BCUT2D eigenvalue weighted by molar-refractivity contribution is -0.122. The van der Waals surface area contributed by atoms with Gasteiger partial charge in [-0.05, 0) is 56.3 Å². The number of ether oxygens (including phenoxy) is 2. The Labute approximate surface area is 239 Å². The van der Waals surface area contributed by atoms with E-state index in [4.69, 9.17) is 9.47 Å². The van der Waals surface area contributed by atoms with E-state index in [1.165, 1.54) is 17.0 Å². The van der Waals surface area contributed by atoms with Gasteiger partial charge in [0.1, 0.15) is 11.5 Å². The van der Waals surface area contributed by atoms with E-state index in [0.717, 1.165) is 25.9 Å². The molecule has 0 unspecified atom stereocenters. The molecule has 0 spiro atoms. The van der Waals surface area contributed by atoms with Crippen LogP contribution in [0.3, 0.4) is 0 Å². The number of amides is 1. The molecule has 1 fully saturated rings. The van der Waals surface area contributed by atoms with Gasteiger partial charge in [0.05, 0.1) is 30.1 Å². The van der Waals surface area contributed by atoms with Gasteiger partial charge in [-0.3, -0.25) is 9.52 Å². The van der Waals surface area contributed by atoms with Crippen LogP contribution in [0, 0.1) is 5.92 Å². The number of anilines is 4. The molecule has 3 N–H and O–H groups in total. The van der Waals surface area contributed by atoms with E-state index < -0.39 is 10.0 Å². The van der Waals surface area contributed by atoms with E-state index in [1.54, 1.807) is 69.8 Å². The van der Waals surface area contributed by atoms with Gasteiger partial charge >= 0.3 is 0 Å². The molecule has 1 saturated heterocycles. The van der Waals surface area contributed by atoms with E-state index in [-0.39, 0.29) is 28.4 Å². The second kappa shape index (κ2) is 12.0. The van der Waals surface area contributed by atoms with Crippen LogP contribution in [0.15, 0.2) is 71.6 Å². The minimum absolute atomic E-state index is 0.00928. The van der Waals surface area contributed by atoms with Crippen molar-refractivity contribution in [3.8, 4) is 11.5 Å². The van der Waals surface area contributed by atoms with Crippen molar-refractivity contribution in [2.24, 2.45) is 5.92 Å². The van der Waals surface area contributed by atoms with Crippen LogP contribution in [0.5, 0.6) is 11.5 Å². The molecule has 0 bridgehead atoms. The zero-order valence-corrected chi connectivity index (χ0v) is 23.9. The van der Waals surface area contributed by atoms with Gasteiger partial charge in [-0.15, -0.1) is 0 Å². The predicted octanol–water partition coefficient (Wildman–Crippen LogP) is 4.15. The Hall–Kier alpha value is -4.42. The van der Waals surface area contributed by atoms with Crippen molar-refractivity contribution in [1.82, 2.24) is 15.3 Å².